The Balaban J connectivity index is 0. The molecule has 1 aromatic carbocycles. The molecule has 0 aliphatic rings. The van der Waals surface area contributed by atoms with Crippen molar-refractivity contribution in [2.75, 3.05) is 26.3 Å². The molecule has 0 spiro atoms. The molecule has 112 valence electrons. The van der Waals surface area contributed by atoms with Gasteiger partial charge < -0.3 is 20.9 Å². The van der Waals surface area contributed by atoms with Crippen molar-refractivity contribution in [2.24, 2.45) is 5.73 Å². The fourth-order valence-corrected chi connectivity index (χ4v) is 1.63. The van der Waals surface area contributed by atoms with Crippen molar-refractivity contribution in [3.8, 4) is 5.75 Å². The Morgan fingerprint density at radius 2 is 1.89 bits per heavy atom. The van der Waals surface area contributed by atoms with Gasteiger partial charge in [0.25, 0.3) is 0 Å². The molecule has 0 saturated heterocycles. The largest absolute Gasteiger partial charge is 0.494 e. The van der Waals surface area contributed by atoms with Crippen LogP contribution in [0.4, 0.5) is 0 Å². The average Bonchev–Trinajstić information content (AvgIpc) is 2.32. The second-order valence-electron chi connectivity index (χ2n) is 3.97. The minimum absolute atomic E-state index is 0. The van der Waals surface area contributed by atoms with Crippen LogP contribution in [-0.2, 0) is 6.42 Å². The van der Waals surface area contributed by atoms with Gasteiger partial charge in [-0.3, -0.25) is 0 Å². The van der Waals surface area contributed by atoms with Crippen LogP contribution >= 0.6 is 24.8 Å². The SMILES string of the molecule is CCOc1ccc(C[C@H](N)CNCCO)cc1.Cl.Cl. The summed E-state index contributed by atoms with van der Waals surface area (Å²) in [4.78, 5) is 0. The fraction of sp³-hybridized carbons (Fsp3) is 0.538. The number of benzene rings is 1. The molecule has 0 amide bonds. The molecule has 4 N–H and O–H groups in total. The minimum atomic E-state index is 0. The van der Waals surface area contributed by atoms with Crippen molar-refractivity contribution in [1.29, 1.82) is 0 Å². The van der Waals surface area contributed by atoms with Gasteiger partial charge in [-0.25, -0.2) is 0 Å². The van der Waals surface area contributed by atoms with Gasteiger partial charge in [0.05, 0.1) is 13.2 Å². The van der Waals surface area contributed by atoms with E-state index in [1.165, 1.54) is 5.56 Å². The first-order valence-corrected chi connectivity index (χ1v) is 6.05. The van der Waals surface area contributed by atoms with Gasteiger partial charge in [-0.05, 0) is 31.0 Å². The molecule has 0 fully saturated rings. The van der Waals surface area contributed by atoms with Crippen molar-refractivity contribution in [3.05, 3.63) is 29.8 Å². The van der Waals surface area contributed by atoms with E-state index in [4.69, 9.17) is 15.6 Å². The number of nitrogens with two attached hydrogens (primary N) is 1. The van der Waals surface area contributed by atoms with Crippen molar-refractivity contribution < 1.29 is 9.84 Å². The van der Waals surface area contributed by atoms with E-state index in [1.54, 1.807) is 0 Å². The lowest BCUT2D eigenvalue weighted by Gasteiger charge is -2.12. The molecule has 0 bridgehead atoms. The maximum atomic E-state index is 8.63. The third-order valence-electron chi connectivity index (χ3n) is 2.43. The number of hydrogen-bond acceptors (Lipinski definition) is 4. The lowest BCUT2D eigenvalue weighted by atomic mass is 10.1. The molecule has 1 rings (SSSR count). The topological polar surface area (TPSA) is 67.5 Å². The van der Waals surface area contributed by atoms with Crippen LogP contribution in [0.1, 0.15) is 12.5 Å². The zero-order valence-corrected chi connectivity index (χ0v) is 12.8. The molecule has 0 unspecified atom stereocenters. The number of ether oxygens (including phenoxy) is 1. The van der Waals surface area contributed by atoms with Crippen LogP contribution in [0, 0.1) is 0 Å². The standard InChI is InChI=1S/C13H22N2O2.2ClH/c1-2-17-13-5-3-11(4-6-13)9-12(14)10-15-7-8-16;;/h3-6,12,15-16H,2,7-10,14H2,1H3;2*1H/t12-;;/m0../s1. The summed E-state index contributed by atoms with van der Waals surface area (Å²) in [6, 6.07) is 8.08. The Morgan fingerprint density at radius 1 is 1.26 bits per heavy atom. The normalized spacial score (nSPS) is 11.1. The Morgan fingerprint density at radius 3 is 2.42 bits per heavy atom. The summed E-state index contributed by atoms with van der Waals surface area (Å²) in [5.74, 6) is 0.892. The number of aliphatic hydroxyl groups is 1. The first-order chi connectivity index (χ1) is 8.26. The van der Waals surface area contributed by atoms with Gasteiger partial charge in [-0.2, -0.15) is 0 Å². The molecule has 1 aromatic rings. The highest BCUT2D eigenvalue weighted by atomic mass is 35.5. The highest BCUT2D eigenvalue weighted by Gasteiger charge is 2.03. The van der Waals surface area contributed by atoms with Crippen molar-refractivity contribution >= 4 is 24.8 Å². The summed E-state index contributed by atoms with van der Waals surface area (Å²) < 4.78 is 5.37. The summed E-state index contributed by atoms with van der Waals surface area (Å²) in [5, 5.41) is 11.7. The predicted molar refractivity (Wildman–Crippen MR) is 83.7 cm³/mol. The highest BCUT2D eigenvalue weighted by molar-refractivity contribution is 5.85. The number of halogens is 2. The molecule has 0 aliphatic heterocycles. The van der Waals surface area contributed by atoms with Gasteiger partial charge in [0, 0.05) is 19.1 Å². The molecule has 0 heterocycles. The van der Waals surface area contributed by atoms with Crippen molar-refractivity contribution in [2.45, 2.75) is 19.4 Å². The van der Waals surface area contributed by atoms with E-state index >= 15 is 0 Å². The van der Waals surface area contributed by atoms with Gasteiger partial charge in [0.1, 0.15) is 5.75 Å². The van der Waals surface area contributed by atoms with E-state index in [2.05, 4.69) is 5.32 Å². The second-order valence-corrected chi connectivity index (χ2v) is 3.97. The zero-order chi connectivity index (χ0) is 12.5. The fourth-order valence-electron chi connectivity index (χ4n) is 1.63. The summed E-state index contributed by atoms with van der Waals surface area (Å²) in [6.07, 6.45) is 0.824. The van der Waals surface area contributed by atoms with E-state index in [9.17, 15) is 0 Å². The summed E-state index contributed by atoms with van der Waals surface area (Å²) in [5.41, 5.74) is 7.17. The second kappa shape index (κ2) is 12.5. The minimum Gasteiger partial charge on any atom is -0.494 e. The quantitative estimate of drug-likeness (QED) is 0.635. The zero-order valence-electron chi connectivity index (χ0n) is 11.2. The van der Waals surface area contributed by atoms with Gasteiger partial charge >= 0.3 is 0 Å². The van der Waals surface area contributed by atoms with Crippen LogP contribution in [0.25, 0.3) is 0 Å². The number of aliphatic hydroxyl groups excluding tert-OH is 1. The van der Waals surface area contributed by atoms with E-state index < -0.39 is 0 Å². The van der Waals surface area contributed by atoms with E-state index in [0.29, 0.717) is 19.7 Å². The molecule has 1 atom stereocenters. The van der Waals surface area contributed by atoms with Crippen molar-refractivity contribution in [3.63, 3.8) is 0 Å². The number of hydrogen-bond donors (Lipinski definition) is 3. The van der Waals surface area contributed by atoms with Gasteiger partial charge in [-0.15, -0.1) is 24.8 Å². The lowest BCUT2D eigenvalue weighted by Crippen LogP contribution is -2.36. The number of nitrogens with one attached hydrogen (secondary N) is 1. The monoisotopic (exact) mass is 310 g/mol. The summed E-state index contributed by atoms with van der Waals surface area (Å²) in [6.45, 7) is 4.11. The maximum absolute atomic E-state index is 8.63. The Kier molecular flexibility index (Phi) is 13.7. The summed E-state index contributed by atoms with van der Waals surface area (Å²) >= 11 is 0. The Hall–Kier alpha value is -0.520. The smallest absolute Gasteiger partial charge is 0.119 e. The van der Waals surface area contributed by atoms with E-state index in [0.717, 1.165) is 12.2 Å². The average molecular weight is 311 g/mol. The molecule has 6 heteroatoms. The molecule has 0 saturated carbocycles. The van der Waals surface area contributed by atoms with Gasteiger partial charge in [0.2, 0.25) is 0 Å². The van der Waals surface area contributed by atoms with Gasteiger partial charge in [0.15, 0.2) is 0 Å². The highest BCUT2D eigenvalue weighted by Crippen LogP contribution is 2.12. The Labute approximate surface area is 127 Å². The summed E-state index contributed by atoms with van der Waals surface area (Å²) in [7, 11) is 0. The van der Waals surface area contributed by atoms with E-state index in [-0.39, 0.29) is 37.5 Å². The van der Waals surface area contributed by atoms with Crippen LogP contribution in [0.5, 0.6) is 5.75 Å². The van der Waals surface area contributed by atoms with Gasteiger partial charge in [-0.1, -0.05) is 12.1 Å². The molecular weight excluding hydrogens is 287 g/mol. The molecule has 0 aromatic heterocycles. The molecule has 19 heavy (non-hydrogen) atoms. The van der Waals surface area contributed by atoms with Crippen LogP contribution in [0.2, 0.25) is 0 Å². The molecule has 0 radical (unpaired) electrons. The van der Waals surface area contributed by atoms with Crippen LogP contribution in [0.3, 0.4) is 0 Å². The van der Waals surface area contributed by atoms with E-state index in [1.807, 2.05) is 31.2 Å². The first-order valence-electron chi connectivity index (χ1n) is 6.05. The van der Waals surface area contributed by atoms with Crippen LogP contribution in [0.15, 0.2) is 24.3 Å². The lowest BCUT2D eigenvalue weighted by molar-refractivity contribution is 0.291. The first kappa shape index (κ1) is 20.8. The predicted octanol–water partition coefficient (Wildman–Crippen LogP) is 1.38. The number of rotatable bonds is 8. The van der Waals surface area contributed by atoms with Crippen LogP contribution in [-0.4, -0.2) is 37.5 Å². The Bertz CT molecular complexity index is 310. The maximum Gasteiger partial charge on any atom is 0.119 e. The third kappa shape index (κ3) is 9.08. The third-order valence-corrected chi connectivity index (χ3v) is 2.43. The molecular formula is C13H24Cl2N2O2. The van der Waals surface area contributed by atoms with Crippen LogP contribution < -0.4 is 15.8 Å². The molecule has 0 aliphatic carbocycles. The van der Waals surface area contributed by atoms with Crippen molar-refractivity contribution in [1.82, 2.24) is 5.32 Å². The molecule has 4 nitrogen and oxygen atoms in total.